The van der Waals surface area contributed by atoms with Crippen LogP contribution >= 0.6 is 0 Å². The highest BCUT2D eigenvalue weighted by atomic mass is 16.6. The number of amides is 1. The Morgan fingerprint density at radius 2 is 2.15 bits per heavy atom. The van der Waals surface area contributed by atoms with E-state index in [-0.39, 0.29) is 0 Å². The zero-order valence-corrected chi connectivity index (χ0v) is 13.0. The number of aromatic nitrogens is 2. The number of anilines is 1. The minimum atomic E-state index is -0.514. The molecule has 0 radical (unpaired) electrons. The van der Waals surface area contributed by atoms with Gasteiger partial charge < -0.3 is 10.1 Å². The average Bonchev–Trinajstić information content (AvgIpc) is 2.69. The van der Waals surface area contributed by atoms with Gasteiger partial charge >= 0.3 is 6.09 Å². The average molecular weight is 282 g/mol. The maximum Gasteiger partial charge on any atom is 0.413 e. The monoisotopic (exact) mass is 282 g/mol. The molecule has 20 heavy (non-hydrogen) atoms. The van der Waals surface area contributed by atoms with E-state index in [4.69, 9.17) is 4.74 Å². The molecule has 0 unspecified atom stereocenters. The van der Waals surface area contributed by atoms with Gasteiger partial charge in [0.15, 0.2) is 0 Å². The molecule has 0 saturated heterocycles. The van der Waals surface area contributed by atoms with Crippen LogP contribution in [-0.4, -0.2) is 28.4 Å². The number of hydrogen-bond acceptors (Lipinski definition) is 4. The van der Waals surface area contributed by atoms with E-state index in [1.807, 2.05) is 20.8 Å². The van der Waals surface area contributed by atoms with E-state index in [0.29, 0.717) is 18.3 Å². The fraction of sp³-hybridized carbons (Fsp3) is 0.714. The van der Waals surface area contributed by atoms with Crippen molar-refractivity contribution < 1.29 is 9.53 Å². The number of aromatic amines is 1. The molecule has 0 aliphatic heterocycles. The van der Waals surface area contributed by atoms with E-state index < -0.39 is 11.7 Å². The van der Waals surface area contributed by atoms with Crippen LogP contribution in [0, 0.1) is 5.92 Å². The summed E-state index contributed by atoms with van der Waals surface area (Å²) in [7, 11) is 0. The summed E-state index contributed by atoms with van der Waals surface area (Å²) in [5.41, 5.74) is 0.402. The van der Waals surface area contributed by atoms with Crippen LogP contribution in [0.15, 0.2) is 6.20 Å². The Kier molecular flexibility index (Phi) is 6.01. The molecule has 1 heterocycles. The van der Waals surface area contributed by atoms with E-state index in [9.17, 15) is 4.79 Å². The minimum Gasteiger partial charge on any atom is -0.444 e. The first kappa shape index (κ1) is 16.5. The van der Waals surface area contributed by atoms with Crippen molar-refractivity contribution in [3.05, 3.63) is 11.8 Å². The molecule has 0 saturated carbocycles. The fourth-order valence-electron chi connectivity index (χ4n) is 1.57. The van der Waals surface area contributed by atoms with Crippen molar-refractivity contribution in [1.29, 1.82) is 0 Å². The van der Waals surface area contributed by atoms with Gasteiger partial charge in [-0.05, 0) is 39.7 Å². The third-order valence-corrected chi connectivity index (χ3v) is 2.56. The van der Waals surface area contributed by atoms with Crippen LogP contribution in [0.3, 0.4) is 0 Å². The van der Waals surface area contributed by atoms with E-state index in [1.54, 1.807) is 6.20 Å². The van der Waals surface area contributed by atoms with E-state index in [0.717, 1.165) is 18.5 Å². The second-order valence-electron chi connectivity index (χ2n) is 6.26. The summed E-state index contributed by atoms with van der Waals surface area (Å²) < 4.78 is 5.20. The van der Waals surface area contributed by atoms with Crippen molar-refractivity contribution in [3.8, 4) is 0 Å². The lowest BCUT2D eigenvalue weighted by molar-refractivity contribution is 0.0635. The van der Waals surface area contributed by atoms with Gasteiger partial charge in [-0.2, -0.15) is 5.10 Å². The first-order valence-corrected chi connectivity index (χ1v) is 7.01. The van der Waals surface area contributed by atoms with Crippen molar-refractivity contribution in [2.75, 3.05) is 11.9 Å². The molecule has 0 atom stereocenters. The molecule has 1 rings (SSSR count). The lowest BCUT2D eigenvalue weighted by Gasteiger charge is -2.19. The van der Waals surface area contributed by atoms with Crippen molar-refractivity contribution >= 4 is 11.9 Å². The lowest BCUT2D eigenvalue weighted by atomic mass is 10.1. The molecule has 114 valence electrons. The zero-order chi connectivity index (χ0) is 15.2. The van der Waals surface area contributed by atoms with Gasteiger partial charge in [-0.15, -0.1) is 0 Å². The van der Waals surface area contributed by atoms with Gasteiger partial charge in [-0.3, -0.25) is 10.4 Å². The molecule has 0 aliphatic carbocycles. The van der Waals surface area contributed by atoms with Gasteiger partial charge in [-0.25, -0.2) is 4.79 Å². The van der Waals surface area contributed by atoms with Crippen LogP contribution in [-0.2, 0) is 11.3 Å². The van der Waals surface area contributed by atoms with Crippen LogP contribution in [0.1, 0.15) is 46.6 Å². The summed E-state index contributed by atoms with van der Waals surface area (Å²) >= 11 is 0. The normalized spacial score (nSPS) is 11.7. The Morgan fingerprint density at radius 1 is 1.45 bits per heavy atom. The smallest absolute Gasteiger partial charge is 0.413 e. The standard InChI is InChI=1S/C14H26N4O2/c1-10(2)6-7-15-8-11-9-16-18-12(11)17-13(19)20-14(3,4)5/h9-10,15H,6-8H2,1-5H3,(H2,16,17,18,19). The molecule has 0 bridgehead atoms. The van der Waals surface area contributed by atoms with E-state index in [2.05, 4.69) is 34.7 Å². The molecule has 1 amide bonds. The number of H-pyrrole nitrogens is 1. The number of nitrogens with zero attached hydrogens (tertiary/aromatic N) is 1. The lowest BCUT2D eigenvalue weighted by Crippen LogP contribution is -2.28. The molecule has 0 aromatic carbocycles. The Balaban J connectivity index is 2.44. The van der Waals surface area contributed by atoms with Gasteiger partial charge in [0.05, 0.1) is 6.20 Å². The molecular weight excluding hydrogens is 256 g/mol. The van der Waals surface area contributed by atoms with Crippen LogP contribution in [0.25, 0.3) is 0 Å². The molecule has 6 heteroatoms. The minimum absolute atomic E-state index is 0.481. The van der Waals surface area contributed by atoms with Crippen LogP contribution in [0.5, 0.6) is 0 Å². The topological polar surface area (TPSA) is 79.0 Å². The number of carbonyl (C=O) groups is 1. The number of nitrogens with one attached hydrogen (secondary N) is 3. The molecule has 0 spiro atoms. The van der Waals surface area contributed by atoms with Crippen molar-refractivity contribution in [1.82, 2.24) is 15.5 Å². The first-order chi connectivity index (χ1) is 9.28. The molecule has 3 N–H and O–H groups in total. The highest BCUT2D eigenvalue weighted by molar-refractivity contribution is 5.84. The van der Waals surface area contributed by atoms with E-state index >= 15 is 0 Å². The Morgan fingerprint density at radius 3 is 2.75 bits per heavy atom. The van der Waals surface area contributed by atoms with Gasteiger partial charge in [0, 0.05) is 12.1 Å². The Labute approximate surface area is 120 Å². The van der Waals surface area contributed by atoms with Gasteiger partial charge in [0.2, 0.25) is 0 Å². The molecule has 6 nitrogen and oxygen atoms in total. The second-order valence-corrected chi connectivity index (χ2v) is 6.26. The first-order valence-electron chi connectivity index (χ1n) is 7.01. The molecule has 1 aromatic heterocycles. The largest absolute Gasteiger partial charge is 0.444 e. The summed E-state index contributed by atoms with van der Waals surface area (Å²) in [5.74, 6) is 1.25. The zero-order valence-electron chi connectivity index (χ0n) is 13.0. The number of rotatable bonds is 6. The second kappa shape index (κ2) is 7.28. The third kappa shape index (κ3) is 6.56. The highest BCUT2D eigenvalue weighted by Crippen LogP contribution is 2.13. The molecule has 1 aromatic rings. The summed E-state index contributed by atoms with van der Waals surface area (Å²) in [6.45, 7) is 11.5. The summed E-state index contributed by atoms with van der Waals surface area (Å²) in [4.78, 5) is 11.7. The van der Waals surface area contributed by atoms with Gasteiger partial charge in [0.1, 0.15) is 11.4 Å². The highest BCUT2D eigenvalue weighted by Gasteiger charge is 2.17. The van der Waals surface area contributed by atoms with Crippen molar-refractivity contribution in [3.63, 3.8) is 0 Å². The predicted molar refractivity (Wildman–Crippen MR) is 79.6 cm³/mol. The number of ether oxygens (including phenoxy) is 1. The van der Waals surface area contributed by atoms with Crippen LogP contribution in [0.2, 0.25) is 0 Å². The van der Waals surface area contributed by atoms with Gasteiger partial charge in [-0.1, -0.05) is 13.8 Å². The fourth-order valence-corrected chi connectivity index (χ4v) is 1.57. The van der Waals surface area contributed by atoms with E-state index in [1.165, 1.54) is 0 Å². The molecular formula is C14H26N4O2. The molecule has 0 fully saturated rings. The van der Waals surface area contributed by atoms with Crippen molar-refractivity contribution in [2.45, 2.75) is 53.2 Å². The number of carbonyl (C=O) groups excluding carboxylic acids is 1. The summed E-state index contributed by atoms with van der Waals surface area (Å²) in [6.07, 6.45) is 2.34. The Hall–Kier alpha value is -1.56. The number of hydrogen-bond donors (Lipinski definition) is 3. The molecule has 0 aliphatic rings. The third-order valence-electron chi connectivity index (χ3n) is 2.56. The predicted octanol–water partition coefficient (Wildman–Crippen LogP) is 2.89. The maximum absolute atomic E-state index is 11.7. The summed E-state index contributed by atoms with van der Waals surface area (Å²) in [6, 6.07) is 0. The van der Waals surface area contributed by atoms with Crippen molar-refractivity contribution in [2.24, 2.45) is 5.92 Å². The van der Waals surface area contributed by atoms with Crippen LogP contribution < -0.4 is 10.6 Å². The SMILES string of the molecule is CC(C)CCNCc1cn[nH]c1NC(=O)OC(C)(C)C. The summed E-state index contributed by atoms with van der Waals surface area (Å²) in [5, 5.41) is 12.7. The quantitative estimate of drug-likeness (QED) is 0.701. The maximum atomic E-state index is 11.7. The Bertz CT molecular complexity index is 421. The van der Waals surface area contributed by atoms with Crippen LogP contribution in [0.4, 0.5) is 10.6 Å². The van der Waals surface area contributed by atoms with Gasteiger partial charge in [0.25, 0.3) is 0 Å².